The minimum atomic E-state index is -0.201. The van der Waals surface area contributed by atoms with Crippen LogP contribution >= 0.6 is 12.2 Å². The zero-order valence-electron chi connectivity index (χ0n) is 12.0. The van der Waals surface area contributed by atoms with Crippen molar-refractivity contribution >= 4 is 23.0 Å². The Balaban J connectivity index is 2.19. The van der Waals surface area contributed by atoms with Gasteiger partial charge in [-0.25, -0.2) is 0 Å². The van der Waals surface area contributed by atoms with Crippen LogP contribution in [-0.2, 0) is 4.79 Å². The van der Waals surface area contributed by atoms with Gasteiger partial charge in [-0.3, -0.25) is 4.79 Å². The first-order valence-electron chi connectivity index (χ1n) is 7.27. The highest BCUT2D eigenvalue weighted by atomic mass is 32.1. The second-order valence-corrected chi connectivity index (χ2v) is 6.99. The molecule has 1 aliphatic heterocycles. The standard InChI is InChI=1S/C15H25NOS/c1-10(2)6-7-12-13(17)15(8-5-9-15)16(11(3)4)14(12)18/h10-12H,5-9H2,1-4H3. The number of carbonyl (C=O) groups is 1. The second kappa shape index (κ2) is 4.92. The number of hydrogen-bond donors (Lipinski definition) is 0. The van der Waals surface area contributed by atoms with Crippen LogP contribution in [0.3, 0.4) is 0 Å². The highest BCUT2D eigenvalue weighted by molar-refractivity contribution is 7.80. The molecule has 1 saturated heterocycles. The summed E-state index contributed by atoms with van der Waals surface area (Å²) in [6.07, 6.45) is 5.25. The number of ketones is 1. The molecule has 2 nitrogen and oxygen atoms in total. The number of nitrogens with zero attached hydrogens (tertiary/aromatic N) is 1. The minimum Gasteiger partial charge on any atom is -0.350 e. The Hall–Kier alpha value is -0.440. The van der Waals surface area contributed by atoms with Gasteiger partial charge in [0.15, 0.2) is 5.78 Å². The molecule has 1 unspecified atom stereocenters. The van der Waals surface area contributed by atoms with E-state index in [4.69, 9.17) is 12.2 Å². The van der Waals surface area contributed by atoms with E-state index in [2.05, 4.69) is 32.6 Å². The van der Waals surface area contributed by atoms with Crippen LogP contribution in [0.25, 0.3) is 0 Å². The fraction of sp³-hybridized carbons (Fsp3) is 0.867. The number of rotatable bonds is 4. The summed E-state index contributed by atoms with van der Waals surface area (Å²) < 4.78 is 0. The van der Waals surface area contributed by atoms with Gasteiger partial charge >= 0.3 is 0 Å². The molecule has 0 aromatic heterocycles. The highest BCUT2D eigenvalue weighted by Gasteiger charge is 2.59. The van der Waals surface area contributed by atoms with Gasteiger partial charge in [-0.15, -0.1) is 0 Å². The molecule has 0 bridgehead atoms. The smallest absolute Gasteiger partial charge is 0.168 e. The van der Waals surface area contributed by atoms with Crippen LogP contribution in [0.4, 0.5) is 0 Å². The van der Waals surface area contributed by atoms with Crippen LogP contribution in [0.15, 0.2) is 0 Å². The molecule has 2 aliphatic rings. The lowest BCUT2D eigenvalue weighted by molar-refractivity contribution is -0.132. The molecule has 18 heavy (non-hydrogen) atoms. The third-order valence-electron chi connectivity index (χ3n) is 4.50. The summed E-state index contributed by atoms with van der Waals surface area (Å²) in [7, 11) is 0. The Kier molecular flexibility index (Phi) is 3.82. The molecule has 2 fully saturated rings. The molecule has 1 spiro atoms. The van der Waals surface area contributed by atoms with E-state index in [1.54, 1.807) is 0 Å². The van der Waals surface area contributed by atoms with Crippen molar-refractivity contribution in [2.24, 2.45) is 11.8 Å². The first-order valence-corrected chi connectivity index (χ1v) is 7.68. The van der Waals surface area contributed by atoms with Crippen molar-refractivity contribution in [1.29, 1.82) is 0 Å². The van der Waals surface area contributed by atoms with Gasteiger partial charge in [0.2, 0.25) is 0 Å². The monoisotopic (exact) mass is 267 g/mol. The van der Waals surface area contributed by atoms with Gasteiger partial charge in [0.1, 0.15) is 5.54 Å². The number of hydrogen-bond acceptors (Lipinski definition) is 2. The summed E-state index contributed by atoms with van der Waals surface area (Å²) in [6, 6.07) is 0.353. The molecular formula is C15H25NOS. The van der Waals surface area contributed by atoms with Gasteiger partial charge < -0.3 is 4.90 Å². The lowest BCUT2D eigenvalue weighted by atomic mass is 9.71. The van der Waals surface area contributed by atoms with Crippen LogP contribution in [0.5, 0.6) is 0 Å². The molecule has 1 atom stereocenters. The van der Waals surface area contributed by atoms with Crippen molar-refractivity contribution in [2.45, 2.75) is 71.4 Å². The Labute approximate surface area is 116 Å². The van der Waals surface area contributed by atoms with Crippen molar-refractivity contribution in [3.05, 3.63) is 0 Å². The quantitative estimate of drug-likeness (QED) is 0.726. The molecule has 3 heteroatoms. The summed E-state index contributed by atoms with van der Waals surface area (Å²) >= 11 is 5.62. The van der Waals surface area contributed by atoms with Gasteiger partial charge in [0.25, 0.3) is 0 Å². The van der Waals surface area contributed by atoms with Crippen molar-refractivity contribution in [3.8, 4) is 0 Å². The van der Waals surface area contributed by atoms with E-state index in [0.29, 0.717) is 17.7 Å². The van der Waals surface area contributed by atoms with E-state index in [0.717, 1.165) is 30.7 Å². The Morgan fingerprint density at radius 1 is 1.33 bits per heavy atom. The number of likely N-dealkylation sites (tertiary alicyclic amines) is 1. The summed E-state index contributed by atoms with van der Waals surface area (Å²) in [5.41, 5.74) is -0.201. The maximum atomic E-state index is 12.7. The van der Waals surface area contributed by atoms with E-state index in [1.165, 1.54) is 6.42 Å². The van der Waals surface area contributed by atoms with Gasteiger partial charge in [-0.05, 0) is 51.9 Å². The first-order chi connectivity index (χ1) is 8.40. The predicted octanol–water partition coefficient (Wildman–Crippen LogP) is 3.58. The average Bonchev–Trinajstić information content (AvgIpc) is 2.43. The third-order valence-corrected chi connectivity index (χ3v) is 4.98. The zero-order valence-corrected chi connectivity index (χ0v) is 12.8. The summed E-state index contributed by atoms with van der Waals surface area (Å²) in [6.45, 7) is 8.73. The van der Waals surface area contributed by atoms with Crippen LogP contribution in [0, 0.1) is 11.8 Å². The van der Waals surface area contributed by atoms with Crippen molar-refractivity contribution in [3.63, 3.8) is 0 Å². The van der Waals surface area contributed by atoms with Gasteiger partial charge in [-0.1, -0.05) is 26.1 Å². The van der Waals surface area contributed by atoms with Crippen LogP contribution < -0.4 is 0 Å². The number of Topliss-reactive ketones (excluding diaryl/α,β-unsaturated/α-hetero) is 1. The van der Waals surface area contributed by atoms with Gasteiger partial charge in [-0.2, -0.15) is 0 Å². The molecule has 0 N–H and O–H groups in total. The average molecular weight is 267 g/mol. The largest absolute Gasteiger partial charge is 0.350 e. The Morgan fingerprint density at radius 2 is 1.94 bits per heavy atom. The van der Waals surface area contributed by atoms with E-state index in [9.17, 15) is 4.79 Å². The van der Waals surface area contributed by atoms with Crippen molar-refractivity contribution < 1.29 is 4.79 Å². The predicted molar refractivity (Wildman–Crippen MR) is 78.7 cm³/mol. The lowest BCUT2D eigenvalue weighted by Crippen LogP contribution is -2.56. The Bertz CT molecular complexity index is 358. The van der Waals surface area contributed by atoms with Crippen molar-refractivity contribution in [1.82, 2.24) is 4.90 Å². The first kappa shape index (κ1) is 14.0. The van der Waals surface area contributed by atoms with E-state index in [1.807, 2.05) is 0 Å². The van der Waals surface area contributed by atoms with Gasteiger partial charge in [0, 0.05) is 6.04 Å². The molecule has 1 saturated carbocycles. The zero-order chi connectivity index (χ0) is 13.5. The minimum absolute atomic E-state index is 0.0186. The SMILES string of the molecule is CC(C)CCC1C(=O)C2(CCC2)N(C(C)C)C1=S. The second-order valence-electron chi connectivity index (χ2n) is 6.58. The highest BCUT2D eigenvalue weighted by Crippen LogP contribution is 2.48. The third kappa shape index (κ3) is 2.01. The molecule has 0 aromatic rings. The number of thiocarbonyl (C=S) groups is 1. The van der Waals surface area contributed by atoms with Crippen molar-refractivity contribution in [2.75, 3.05) is 0 Å². The lowest BCUT2D eigenvalue weighted by Gasteiger charge is -2.47. The normalized spacial score (nSPS) is 26.6. The van der Waals surface area contributed by atoms with Crippen LogP contribution in [-0.4, -0.2) is 27.3 Å². The van der Waals surface area contributed by atoms with Gasteiger partial charge in [0.05, 0.1) is 10.9 Å². The van der Waals surface area contributed by atoms with Crippen LogP contribution in [0.1, 0.15) is 59.8 Å². The molecule has 0 aromatic carbocycles. The molecule has 1 aliphatic carbocycles. The Morgan fingerprint density at radius 3 is 2.28 bits per heavy atom. The van der Waals surface area contributed by atoms with Crippen LogP contribution in [0.2, 0.25) is 0 Å². The van der Waals surface area contributed by atoms with E-state index < -0.39 is 0 Å². The molecule has 0 amide bonds. The van der Waals surface area contributed by atoms with E-state index >= 15 is 0 Å². The molecule has 0 radical (unpaired) electrons. The molecule has 1 heterocycles. The topological polar surface area (TPSA) is 20.3 Å². The van der Waals surface area contributed by atoms with E-state index in [-0.39, 0.29) is 11.5 Å². The summed E-state index contributed by atoms with van der Waals surface area (Å²) in [5.74, 6) is 1.09. The number of carbonyl (C=O) groups excluding carboxylic acids is 1. The summed E-state index contributed by atoms with van der Waals surface area (Å²) in [5, 5.41) is 0. The summed E-state index contributed by atoms with van der Waals surface area (Å²) in [4.78, 5) is 15.9. The molecule has 2 rings (SSSR count). The maximum absolute atomic E-state index is 12.7. The fourth-order valence-electron chi connectivity index (χ4n) is 3.44. The molecule has 102 valence electrons. The fourth-order valence-corrected chi connectivity index (χ4v) is 4.05. The molecular weight excluding hydrogens is 242 g/mol. The maximum Gasteiger partial charge on any atom is 0.168 e.